The zero-order valence-corrected chi connectivity index (χ0v) is 13.8. The predicted octanol–water partition coefficient (Wildman–Crippen LogP) is 3.07. The first-order valence-electron chi connectivity index (χ1n) is 8.36. The molecule has 2 aromatic rings. The normalized spacial score (nSPS) is 20.2. The van der Waals surface area contributed by atoms with Crippen LogP contribution in [0.5, 0.6) is 5.75 Å². The van der Waals surface area contributed by atoms with Crippen LogP contribution < -0.4 is 10.1 Å². The second kappa shape index (κ2) is 7.49. The second-order valence-corrected chi connectivity index (χ2v) is 6.43. The lowest BCUT2D eigenvalue weighted by molar-refractivity contribution is -0.123. The number of aliphatic hydroxyl groups excluding tert-OH is 1. The lowest BCUT2D eigenvalue weighted by Gasteiger charge is -2.14. The van der Waals surface area contributed by atoms with Crippen LogP contribution in [0.1, 0.15) is 30.6 Å². The Balaban J connectivity index is 1.53. The van der Waals surface area contributed by atoms with Crippen LogP contribution in [0.15, 0.2) is 54.6 Å². The summed E-state index contributed by atoms with van der Waals surface area (Å²) in [5.74, 6) is 1.34. The molecule has 0 spiro atoms. The Labute approximate surface area is 142 Å². The molecule has 0 bridgehead atoms. The van der Waals surface area contributed by atoms with Gasteiger partial charge in [0.2, 0.25) is 5.91 Å². The molecule has 1 aliphatic rings. The number of rotatable bonds is 7. The maximum Gasteiger partial charge on any atom is 0.223 e. The Morgan fingerprint density at radius 1 is 1.25 bits per heavy atom. The van der Waals surface area contributed by atoms with Crippen molar-refractivity contribution >= 4 is 5.91 Å². The van der Waals surface area contributed by atoms with Crippen LogP contribution in [0, 0.1) is 11.8 Å². The minimum atomic E-state index is -0.733. The molecule has 126 valence electrons. The summed E-state index contributed by atoms with van der Waals surface area (Å²) in [5, 5.41) is 13.1. The molecule has 3 atom stereocenters. The van der Waals surface area contributed by atoms with E-state index in [0.717, 1.165) is 17.5 Å². The van der Waals surface area contributed by atoms with Crippen molar-refractivity contribution in [2.24, 2.45) is 11.8 Å². The molecule has 1 fully saturated rings. The summed E-state index contributed by atoms with van der Waals surface area (Å²) in [6.07, 6.45) is 0.216. The van der Waals surface area contributed by atoms with E-state index in [1.807, 2.05) is 54.6 Å². The Hall–Kier alpha value is -2.33. The topological polar surface area (TPSA) is 58.6 Å². The molecule has 2 aromatic carbocycles. The maximum atomic E-state index is 11.8. The summed E-state index contributed by atoms with van der Waals surface area (Å²) in [5.41, 5.74) is 1.83. The molecular formula is C20H23NO3. The van der Waals surface area contributed by atoms with Gasteiger partial charge in [-0.1, -0.05) is 49.4 Å². The molecule has 0 radical (unpaired) electrons. The smallest absolute Gasteiger partial charge is 0.223 e. The van der Waals surface area contributed by atoms with Crippen LogP contribution >= 0.6 is 0 Å². The van der Waals surface area contributed by atoms with Gasteiger partial charge in [-0.05, 0) is 35.6 Å². The minimum absolute atomic E-state index is 0.0398. The third kappa shape index (κ3) is 4.36. The van der Waals surface area contributed by atoms with Crippen molar-refractivity contribution in [3.8, 4) is 5.75 Å². The summed E-state index contributed by atoms with van der Waals surface area (Å²) in [4.78, 5) is 11.8. The van der Waals surface area contributed by atoms with Gasteiger partial charge >= 0.3 is 0 Å². The Morgan fingerprint density at radius 3 is 2.71 bits per heavy atom. The first-order chi connectivity index (χ1) is 11.6. The molecule has 4 nitrogen and oxygen atoms in total. The van der Waals surface area contributed by atoms with Gasteiger partial charge in [-0.15, -0.1) is 0 Å². The van der Waals surface area contributed by atoms with Crippen LogP contribution in [-0.2, 0) is 11.4 Å². The second-order valence-electron chi connectivity index (χ2n) is 6.43. The summed E-state index contributed by atoms with van der Waals surface area (Å²) < 4.78 is 5.77. The highest BCUT2D eigenvalue weighted by Gasteiger charge is 2.38. The molecule has 0 aromatic heterocycles. The minimum Gasteiger partial charge on any atom is -0.489 e. The number of aliphatic hydroxyl groups is 1. The van der Waals surface area contributed by atoms with E-state index >= 15 is 0 Å². The van der Waals surface area contributed by atoms with E-state index in [2.05, 4.69) is 12.2 Å². The molecule has 0 heterocycles. The van der Waals surface area contributed by atoms with Crippen molar-refractivity contribution in [1.82, 2.24) is 5.32 Å². The van der Waals surface area contributed by atoms with Crippen molar-refractivity contribution in [2.45, 2.75) is 26.1 Å². The van der Waals surface area contributed by atoms with Crippen LogP contribution in [0.3, 0.4) is 0 Å². The van der Waals surface area contributed by atoms with Gasteiger partial charge in [0, 0.05) is 12.5 Å². The zero-order chi connectivity index (χ0) is 16.9. The highest BCUT2D eigenvalue weighted by molar-refractivity contribution is 5.81. The van der Waals surface area contributed by atoms with Gasteiger partial charge in [0.1, 0.15) is 12.4 Å². The van der Waals surface area contributed by atoms with E-state index in [1.54, 1.807) is 0 Å². The molecule has 0 aliphatic heterocycles. The third-order valence-electron chi connectivity index (χ3n) is 4.41. The highest BCUT2D eigenvalue weighted by atomic mass is 16.5. The standard InChI is InChI=1S/C20H23NO3/c1-14-10-18(14)20(23)21-12-19(22)16-8-5-9-17(11-16)24-13-15-6-3-2-4-7-15/h2-9,11,14,18-19,22H,10,12-13H2,1H3,(H,21,23). The summed E-state index contributed by atoms with van der Waals surface area (Å²) >= 11 is 0. The molecule has 1 aliphatic carbocycles. The fourth-order valence-corrected chi connectivity index (χ4v) is 2.69. The average molecular weight is 325 g/mol. The SMILES string of the molecule is CC1CC1C(=O)NCC(O)c1cccc(OCc2ccccc2)c1. The van der Waals surface area contributed by atoms with Crippen molar-refractivity contribution in [2.75, 3.05) is 6.54 Å². The number of carbonyl (C=O) groups excluding carboxylic acids is 1. The van der Waals surface area contributed by atoms with Crippen molar-refractivity contribution in [1.29, 1.82) is 0 Å². The maximum absolute atomic E-state index is 11.8. The molecule has 3 unspecified atom stereocenters. The molecule has 4 heteroatoms. The first-order valence-corrected chi connectivity index (χ1v) is 8.36. The first kappa shape index (κ1) is 16.5. The molecule has 3 rings (SSSR count). The van der Waals surface area contributed by atoms with Crippen LogP contribution in [0.2, 0.25) is 0 Å². The van der Waals surface area contributed by atoms with E-state index in [0.29, 0.717) is 18.3 Å². The lowest BCUT2D eigenvalue weighted by Crippen LogP contribution is -2.29. The molecule has 1 amide bonds. The molecule has 0 saturated heterocycles. The van der Waals surface area contributed by atoms with Gasteiger partial charge in [-0.25, -0.2) is 0 Å². The molecule has 24 heavy (non-hydrogen) atoms. The zero-order valence-electron chi connectivity index (χ0n) is 13.8. The monoisotopic (exact) mass is 325 g/mol. The summed E-state index contributed by atoms with van der Waals surface area (Å²) in [6.45, 7) is 2.77. The average Bonchev–Trinajstić information content (AvgIpc) is 3.35. The van der Waals surface area contributed by atoms with Crippen LogP contribution in [-0.4, -0.2) is 17.6 Å². The van der Waals surface area contributed by atoms with E-state index in [4.69, 9.17) is 4.74 Å². The summed E-state index contributed by atoms with van der Waals surface area (Å²) in [7, 11) is 0. The lowest BCUT2D eigenvalue weighted by atomic mass is 10.1. The van der Waals surface area contributed by atoms with E-state index in [-0.39, 0.29) is 18.4 Å². The summed E-state index contributed by atoms with van der Waals surface area (Å²) in [6, 6.07) is 17.3. The predicted molar refractivity (Wildman–Crippen MR) is 92.5 cm³/mol. The number of carbonyl (C=O) groups is 1. The molecule has 1 saturated carbocycles. The quantitative estimate of drug-likeness (QED) is 0.822. The largest absolute Gasteiger partial charge is 0.489 e. The number of hydrogen-bond donors (Lipinski definition) is 2. The van der Waals surface area contributed by atoms with Gasteiger partial charge in [0.15, 0.2) is 0 Å². The fourth-order valence-electron chi connectivity index (χ4n) is 2.69. The highest BCUT2D eigenvalue weighted by Crippen LogP contribution is 2.37. The van der Waals surface area contributed by atoms with Crippen molar-refractivity contribution < 1.29 is 14.6 Å². The van der Waals surface area contributed by atoms with Crippen LogP contribution in [0.4, 0.5) is 0 Å². The van der Waals surface area contributed by atoms with Gasteiger partial charge in [-0.2, -0.15) is 0 Å². The molecular weight excluding hydrogens is 302 g/mol. The number of amides is 1. The van der Waals surface area contributed by atoms with Crippen molar-refractivity contribution in [3.63, 3.8) is 0 Å². The number of hydrogen-bond acceptors (Lipinski definition) is 3. The Kier molecular flexibility index (Phi) is 5.16. The van der Waals surface area contributed by atoms with E-state index in [1.165, 1.54) is 0 Å². The van der Waals surface area contributed by atoms with E-state index in [9.17, 15) is 9.90 Å². The Morgan fingerprint density at radius 2 is 2.00 bits per heavy atom. The van der Waals surface area contributed by atoms with Gasteiger partial charge in [0.05, 0.1) is 6.10 Å². The third-order valence-corrected chi connectivity index (χ3v) is 4.41. The van der Waals surface area contributed by atoms with Gasteiger partial charge in [0.25, 0.3) is 0 Å². The van der Waals surface area contributed by atoms with Gasteiger partial charge in [-0.3, -0.25) is 4.79 Å². The van der Waals surface area contributed by atoms with E-state index < -0.39 is 6.10 Å². The van der Waals surface area contributed by atoms with Crippen molar-refractivity contribution in [3.05, 3.63) is 65.7 Å². The van der Waals surface area contributed by atoms with Crippen LogP contribution in [0.25, 0.3) is 0 Å². The van der Waals surface area contributed by atoms with Gasteiger partial charge < -0.3 is 15.2 Å². The number of benzene rings is 2. The number of nitrogens with one attached hydrogen (secondary N) is 1. The fraction of sp³-hybridized carbons (Fsp3) is 0.350. The Bertz CT molecular complexity index is 686. The number of ether oxygens (including phenoxy) is 1. The molecule has 2 N–H and O–H groups in total.